The van der Waals surface area contributed by atoms with Crippen molar-refractivity contribution in [3.63, 3.8) is 0 Å². The summed E-state index contributed by atoms with van der Waals surface area (Å²) in [5.41, 5.74) is -4.17. The third kappa shape index (κ3) is 11.1. The molecule has 4 saturated carbocycles. The average molecular weight is 1100 g/mol. The first kappa shape index (κ1) is 61.0. The van der Waals surface area contributed by atoms with Crippen LogP contribution in [0.25, 0.3) is 0 Å². The molecule has 4 saturated heterocycles. The fourth-order valence-corrected chi connectivity index (χ4v) is 15.3. The Kier molecular flexibility index (Phi) is 19.1. The van der Waals surface area contributed by atoms with Gasteiger partial charge in [-0.05, 0) is 116 Å². The van der Waals surface area contributed by atoms with Gasteiger partial charge in [-0.2, -0.15) is 0 Å². The van der Waals surface area contributed by atoms with E-state index in [0.29, 0.717) is 18.4 Å². The number of ether oxygens (including phenoxy) is 13. The van der Waals surface area contributed by atoms with Gasteiger partial charge < -0.3 is 97.3 Å². The lowest BCUT2D eigenvalue weighted by molar-refractivity contribution is -0.373. The largest absolute Gasteiger partial charge is 0.462 e. The highest BCUT2D eigenvalue weighted by Crippen LogP contribution is 2.71. The molecule has 0 radical (unpaired) electrons. The Morgan fingerprint density at radius 3 is 1.86 bits per heavy atom. The number of aliphatic hydroxyl groups is 7. The van der Waals surface area contributed by atoms with Gasteiger partial charge >= 0.3 is 11.9 Å². The number of aliphatic hydroxyl groups excluding tert-OH is 5. The van der Waals surface area contributed by atoms with Crippen LogP contribution in [0.5, 0.6) is 0 Å². The molecule has 0 bridgehead atoms. The highest BCUT2D eigenvalue weighted by atomic mass is 16.8. The highest BCUT2D eigenvalue weighted by Gasteiger charge is 2.77. The van der Waals surface area contributed by atoms with Crippen LogP contribution in [0.3, 0.4) is 0 Å². The summed E-state index contributed by atoms with van der Waals surface area (Å²) >= 11 is 0. The van der Waals surface area contributed by atoms with Crippen molar-refractivity contribution >= 4 is 11.9 Å². The van der Waals surface area contributed by atoms with Crippen molar-refractivity contribution in [1.29, 1.82) is 0 Å². The second-order valence-electron chi connectivity index (χ2n) is 23.9. The van der Waals surface area contributed by atoms with Crippen LogP contribution < -0.4 is 0 Å². The van der Waals surface area contributed by atoms with Crippen LogP contribution in [0.15, 0.2) is 11.6 Å². The number of esters is 2. The van der Waals surface area contributed by atoms with Crippen LogP contribution in [-0.2, 0) is 71.2 Å². The fourth-order valence-electron chi connectivity index (χ4n) is 15.3. The summed E-state index contributed by atoms with van der Waals surface area (Å²) in [4.78, 5) is 25.8. The molecule has 77 heavy (non-hydrogen) atoms. The van der Waals surface area contributed by atoms with E-state index in [9.17, 15) is 45.3 Å². The molecule has 0 amide bonds. The summed E-state index contributed by atoms with van der Waals surface area (Å²) in [6.45, 7) is 15.3. The number of methoxy groups -OCH3 is 3. The molecule has 8 rings (SSSR count). The first-order chi connectivity index (χ1) is 36.3. The first-order valence-corrected chi connectivity index (χ1v) is 27.9. The van der Waals surface area contributed by atoms with Gasteiger partial charge in [0.05, 0.1) is 54.2 Å². The summed E-state index contributed by atoms with van der Waals surface area (Å²) in [6, 6.07) is 0. The lowest BCUT2D eigenvalue weighted by Gasteiger charge is -2.66. The van der Waals surface area contributed by atoms with Crippen molar-refractivity contribution in [2.24, 2.45) is 28.6 Å². The average Bonchev–Trinajstić information content (AvgIpc) is 3.92. The zero-order valence-corrected chi connectivity index (χ0v) is 47.0. The predicted octanol–water partition coefficient (Wildman–Crippen LogP) is 2.08. The molecule has 8 fully saturated rings. The summed E-state index contributed by atoms with van der Waals surface area (Å²) < 4.78 is 80.1. The van der Waals surface area contributed by atoms with Crippen LogP contribution >= 0.6 is 0 Å². The Morgan fingerprint density at radius 1 is 0.662 bits per heavy atom. The topological polar surface area (TPSA) is 296 Å². The van der Waals surface area contributed by atoms with E-state index in [1.165, 1.54) is 14.0 Å². The Hall–Kier alpha value is -2.04. The molecule has 28 atom stereocenters. The molecule has 22 heteroatoms. The van der Waals surface area contributed by atoms with Gasteiger partial charge in [0, 0.05) is 46.7 Å². The molecule has 4 heterocycles. The summed E-state index contributed by atoms with van der Waals surface area (Å²) in [6.07, 6.45) is -12.7. The Balaban J connectivity index is 0.860. The zero-order valence-electron chi connectivity index (χ0n) is 47.0. The van der Waals surface area contributed by atoms with E-state index in [-0.39, 0.29) is 48.5 Å². The molecule has 4 aliphatic carbocycles. The zero-order chi connectivity index (χ0) is 56.3. The van der Waals surface area contributed by atoms with Crippen LogP contribution in [0.4, 0.5) is 0 Å². The molecule has 0 aromatic rings. The van der Waals surface area contributed by atoms with Crippen LogP contribution in [0.1, 0.15) is 127 Å². The third-order valence-corrected chi connectivity index (χ3v) is 20.0. The minimum absolute atomic E-state index is 0.0105. The molecule has 0 aromatic heterocycles. The van der Waals surface area contributed by atoms with Crippen LogP contribution in [-0.4, -0.2) is 216 Å². The van der Waals surface area contributed by atoms with Gasteiger partial charge in [0.15, 0.2) is 25.2 Å². The lowest BCUT2D eigenvalue weighted by Crippen LogP contribution is -2.72. The normalized spacial score (nSPS) is 50.7. The molecule has 0 spiro atoms. The van der Waals surface area contributed by atoms with Crippen molar-refractivity contribution in [1.82, 2.24) is 0 Å². The van der Waals surface area contributed by atoms with Crippen molar-refractivity contribution in [3.05, 3.63) is 11.6 Å². The Bertz CT molecular complexity index is 2050. The van der Waals surface area contributed by atoms with E-state index < -0.39 is 158 Å². The smallest absolute Gasteiger partial charge is 0.333 e. The highest BCUT2D eigenvalue weighted by molar-refractivity contribution is 5.87. The summed E-state index contributed by atoms with van der Waals surface area (Å²) in [5, 5.41) is 78.1. The minimum atomic E-state index is -1.67. The summed E-state index contributed by atoms with van der Waals surface area (Å²) in [7, 11) is 4.54. The maximum absolute atomic E-state index is 13.1. The Morgan fingerprint density at radius 2 is 1.26 bits per heavy atom. The molecule has 8 aliphatic rings. The lowest BCUT2D eigenvalue weighted by atomic mass is 9.42. The predicted molar refractivity (Wildman–Crippen MR) is 268 cm³/mol. The minimum Gasteiger partial charge on any atom is -0.462 e. The third-order valence-electron chi connectivity index (χ3n) is 20.0. The number of allylic oxidation sites excluding steroid dienone is 1. The van der Waals surface area contributed by atoms with E-state index in [1.54, 1.807) is 54.9 Å². The number of carbonyl (C=O) groups excluding carboxylic acids is 2. The number of carbonyl (C=O) groups is 2. The number of hydrogen-bond donors (Lipinski definition) is 7. The monoisotopic (exact) mass is 1100 g/mol. The van der Waals surface area contributed by atoms with Gasteiger partial charge in [0.1, 0.15) is 72.7 Å². The molecule has 442 valence electrons. The van der Waals surface area contributed by atoms with E-state index in [4.69, 9.17) is 61.6 Å². The number of rotatable bonds is 16. The summed E-state index contributed by atoms with van der Waals surface area (Å²) in [5.74, 6) is -0.982. The van der Waals surface area contributed by atoms with Crippen molar-refractivity contribution in [3.8, 4) is 0 Å². The first-order valence-electron chi connectivity index (χ1n) is 27.9. The molecule has 22 nitrogen and oxygen atoms in total. The van der Waals surface area contributed by atoms with Crippen molar-refractivity contribution in [2.75, 3.05) is 27.9 Å². The molecule has 4 aliphatic heterocycles. The maximum atomic E-state index is 13.1. The Labute approximate surface area is 452 Å². The van der Waals surface area contributed by atoms with E-state index in [0.717, 1.165) is 32.1 Å². The van der Waals surface area contributed by atoms with Gasteiger partial charge in [-0.15, -0.1) is 0 Å². The van der Waals surface area contributed by atoms with Gasteiger partial charge in [-0.25, -0.2) is 4.79 Å². The van der Waals surface area contributed by atoms with E-state index in [1.807, 2.05) is 13.8 Å². The van der Waals surface area contributed by atoms with Crippen molar-refractivity contribution in [2.45, 2.75) is 267 Å². The van der Waals surface area contributed by atoms with Crippen molar-refractivity contribution < 1.29 is 107 Å². The van der Waals surface area contributed by atoms with Gasteiger partial charge in [0.2, 0.25) is 0 Å². The quantitative estimate of drug-likeness (QED) is 0.0661. The SMILES string of the molecule is C/C=C(\C)C(=O)O[C@@H](C)[C@]1(O)CC[C@]2(O)[C@@H]3CC[C@H]4C[C@@H](O[C@H]5C[C@H](OC)[C@H](O[C@H]6C[C@@H](OC)[C@H](O[C@@H]7O[C@H](C)[C@@H](O[C@@H]8O[C@H](CO)[C@@H](O)[C@H](O)[C@H]8O)[C@H](OC)[C@H]7O)[C@@H](C)O6)[C@@H](C)O5)CC[C@]4(C)[C@H]3C[C@@H](OC(C)=O)[C@]12C. The maximum Gasteiger partial charge on any atom is 0.333 e. The molecule has 0 unspecified atom stereocenters. The second kappa shape index (κ2) is 24.0. The van der Waals surface area contributed by atoms with E-state index in [2.05, 4.69) is 6.92 Å². The standard InChI is InChI=1S/C55H90O22/c1-13-25(2)49(62)71-29(6)54(63)18-19-55(64)33-15-14-31-20-32(16-17-52(31,8)34(33)21-38(53(54,55)9)72-30(7)57)73-39-22-35(65-10)45(26(3)68-39)75-40-23-36(66-11)46(27(4)69-40)76-51-44(61)48(67-12)47(28(5)70-51)77-50-43(60)42(59)41(58)37(24-56)74-50/h13,26-29,31-48,50-51,56,58-61,63-64H,14-24H2,1-12H3/b25-13+/t26-,27-,28-,29+,31+,32+,33-,34+,35+,36-,37-,38-,39+,40+,41-,42+,43-,44-,45-,46-,47-,48-,50+,51+,52+,53-,54-,55+/m1/s1. The molecule has 0 aromatic carbocycles. The van der Waals surface area contributed by atoms with Crippen LogP contribution in [0.2, 0.25) is 0 Å². The molecular weight excluding hydrogens is 1010 g/mol. The fraction of sp³-hybridized carbons (Fsp3) is 0.927. The van der Waals surface area contributed by atoms with E-state index >= 15 is 0 Å². The second-order valence-corrected chi connectivity index (χ2v) is 23.9. The van der Waals surface area contributed by atoms with Gasteiger partial charge in [0.25, 0.3) is 0 Å². The number of fused-ring (bicyclic) bond motifs is 5. The van der Waals surface area contributed by atoms with Gasteiger partial charge in [-0.3, -0.25) is 4.79 Å². The number of hydrogen-bond acceptors (Lipinski definition) is 22. The van der Waals surface area contributed by atoms with Gasteiger partial charge in [-0.1, -0.05) is 19.9 Å². The molecule has 7 N–H and O–H groups in total. The van der Waals surface area contributed by atoms with Crippen LogP contribution in [0, 0.1) is 28.6 Å². The molecular formula is C55H90O22.